The van der Waals surface area contributed by atoms with Crippen LogP contribution in [0.2, 0.25) is 0 Å². The predicted molar refractivity (Wildman–Crippen MR) is 89.7 cm³/mol. The largest absolute Gasteiger partial charge is 0.381 e. The maximum Gasteiger partial charge on any atom is 0.0400 e. The first-order valence-electron chi connectivity index (χ1n) is 7.70. The fraction of sp³-hybridized carbons (Fsp3) is 0.200. The molecule has 1 nitrogen and oxygen atoms in total. The fourth-order valence-electron chi connectivity index (χ4n) is 2.88. The van der Waals surface area contributed by atoms with Gasteiger partial charge in [0.25, 0.3) is 0 Å². The van der Waals surface area contributed by atoms with Gasteiger partial charge in [-0.15, -0.1) is 0 Å². The molecule has 0 radical (unpaired) electrons. The first-order valence-corrected chi connectivity index (χ1v) is 7.70. The summed E-state index contributed by atoms with van der Waals surface area (Å²) in [4.78, 5) is 0. The monoisotopic (exact) mass is 273 g/mol. The molecule has 21 heavy (non-hydrogen) atoms. The lowest BCUT2D eigenvalue weighted by molar-refractivity contribution is 1.09. The average molecular weight is 273 g/mol. The van der Waals surface area contributed by atoms with E-state index in [0.29, 0.717) is 0 Å². The van der Waals surface area contributed by atoms with Crippen LogP contribution < -0.4 is 5.32 Å². The van der Waals surface area contributed by atoms with Crippen LogP contribution in [0, 0.1) is 0 Å². The van der Waals surface area contributed by atoms with Crippen molar-refractivity contribution in [2.75, 3.05) is 5.32 Å². The molecule has 0 saturated heterocycles. The molecular formula is C20H19N. The number of hydrogen-bond acceptors (Lipinski definition) is 1. The van der Waals surface area contributed by atoms with Crippen molar-refractivity contribution in [3.05, 3.63) is 77.9 Å². The number of rotatable bonds is 4. The molecule has 1 aliphatic rings. The number of benzene rings is 3. The quantitative estimate of drug-likeness (QED) is 0.677. The molecule has 0 aliphatic heterocycles. The number of hydrogen-bond donors (Lipinski definition) is 1. The first-order chi connectivity index (χ1) is 10.4. The van der Waals surface area contributed by atoms with Gasteiger partial charge < -0.3 is 5.32 Å². The lowest BCUT2D eigenvalue weighted by Gasteiger charge is -2.09. The molecule has 0 unspecified atom stereocenters. The van der Waals surface area contributed by atoms with Gasteiger partial charge in [0.2, 0.25) is 0 Å². The Morgan fingerprint density at radius 3 is 2.52 bits per heavy atom. The van der Waals surface area contributed by atoms with Crippen molar-refractivity contribution >= 4 is 16.5 Å². The lowest BCUT2D eigenvalue weighted by atomic mass is 10.1. The zero-order valence-electron chi connectivity index (χ0n) is 12.0. The van der Waals surface area contributed by atoms with Gasteiger partial charge in [0, 0.05) is 12.2 Å². The highest BCUT2D eigenvalue weighted by Crippen LogP contribution is 2.40. The molecule has 0 atom stereocenters. The summed E-state index contributed by atoms with van der Waals surface area (Å²) in [5.41, 5.74) is 4.06. The van der Waals surface area contributed by atoms with E-state index < -0.39 is 0 Å². The van der Waals surface area contributed by atoms with Crippen molar-refractivity contribution in [3.8, 4) is 0 Å². The van der Waals surface area contributed by atoms with Crippen LogP contribution in [-0.2, 0) is 6.54 Å². The minimum absolute atomic E-state index is 0.825. The van der Waals surface area contributed by atoms with Gasteiger partial charge in [0.05, 0.1) is 0 Å². The Balaban J connectivity index is 1.51. The molecule has 0 spiro atoms. The molecule has 0 heterocycles. The number of anilines is 1. The van der Waals surface area contributed by atoms with Crippen molar-refractivity contribution in [1.82, 2.24) is 0 Å². The van der Waals surface area contributed by atoms with E-state index in [2.05, 4.69) is 72.0 Å². The Bertz CT molecular complexity index is 771. The van der Waals surface area contributed by atoms with Crippen LogP contribution in [0.25, 0.3) is 10.8 Å². The molecule has 0 aromatic heterocycles. The Labute approximate surface area is 125 Å². The van der Waals surface area contributed by atoms with Crippen LogP contribution in [0.4, 0.5) is 5.69 Å². The van der Waals surface area contributed by atoms with E-state index >= 15 is 0 Å². The van der Waals surface area contributed by atoms with Crippen LogP contribution in [0.3, 0.4) is 0 Å². The van der Waals surface area contributed by atoms with Crippen LogP contribution in [0.5, 0.6) is 0 Å². The Kier molecular flexibility index (Phi) is 3.11. The van der Waals surface area contributed by atoms with E-state index in [1.54, 1.807) is 0 Å². The second-order valence-electron chi connectivity index (χ2n) is 5.93. The molecule has 0 amide bonds. The Morgan fingerprint density at radius 2 is 1.67 bits per heavy atom. The van der Waals surface area contributed by atoms with E-state index in [1.165, 1.54) is 40.4 Å². The van der Waals surface area contributed by atoms with Crippen molar-refractivity contribution in [2.24, 2.45) is 0 Å². The molecule has 1 heteroatoms. The molecule has 104 valence electrons. The topological polar surface area (TPSA) is 12.0 Å². The van der Waals surface area contributed by atoms with Gasteiger partial charge in [0.15, 0.2) is 0 Å². The van der Waals surface area contributed by atoms with Crippen LogP contribution in [0.1, 0.15) is 29.9 Å². The minimum Gasteiger partial charge on any atom is -0.381 e. The van der Waals surface area contributed by atoms with Gasteiger partial charge in [-0.3, -0.25) is 0 Å². The standard InChI is InChI=1S/C20H19N/c1-2-6-19-13-20(11-10-16(19)5-1)21-14-15-4-3-7-18(12-15)17-8-9-17/h1-7,10-13,17,21H,8-9,14H2. The van der Waals surface area contributed by atoms with E-state index in [4.69, 9.17) is 0 Å². The highest BCUT2D eigenvalue weighted by molar-refractivity contribution is 5.85. The fourth-order valence-corrected chi connectivity index (χ4v) is 2.88. The molecule has 1 saturated carbocycles. The van der Waals surface area contributed by atoms with Gasteiger partial charge in [-0.1, -0.05) is 54.6 Å². The smallest absolute Gasteiger partial charge is 0.0400 e. The average Bonchev–Trinajstić information content (AvgIpc) is 3.38. The molecule has 1 aliphatic carbocycles. The SMILES string of the molecule is c1cc(CNc2ccc3ccccc3c2)cc(C2CC2)c1. The molecule has 0 bridgehead atoms. The normalized spacial score (nSPS) is 14.3. The first kappa shape index (κ1) is 12.5. The van der Waals surface area contributed by atoms with Crippen molar-refractivity contribution < 1.29 is 0 Å². The lowest BCUT2D eigenvalue weighted by Crippen LogP contribution is -1.99. The summed E-state index contributed by atoms with van der Waals surface area (Å²) in [6.45, 7) is 0.888. The third-order valence-corrected chi connectivity index (χ3v) is 4.25. The summed E-state index contributed by atoms with van der Waals surface area (Å²) in [6.07, 6.45) is 2.73. The number of nitrogens with one attached hydrogen (secondary N) is 1. The Hall–Kier alpha value is -2.28. The highest BCUT2D eigenvalue weighted by atomic mass is 14.9. The zero-order valence-corrected chi connectivity index (χ0v) is 12.0. The maximum atomic E-state index is 3.54. The third kappa shape index (κ3) is 2.78. The molecular weight excluding hydrogens is 254 g/mol. The van der Waals surface area contributed by atoms with Crippen molar-refractivity contribution in [3.63, 3.8) is 0 Å². The van der Waals surface area contributed by atoms with Gasteiger partial charge in [-0.25, -0.2) is 0 Å². The predicted octanol–water partition coefficient (Wildman–Crippen LogP) is 5.33. The van der Waals surface area contributed by atoms with Crippen LogP contribution >= 0.6 is 0 Å². The molecule has 3 aromatic carbocycles. The molecule has 1 fully saturated rings. The third-order valence-electron chi connectivity index (χ3n) is 4.25. The van der Waals surface area contributed by atoms with Crippen LogP contribution in [-0.4, -0.2) is 0 Å². The summed E-state index contributed by atoms with van der Waals surface area (Å²) in [5, 5.41) is 6.12. The van der Waals surface area contributed by atoms with E-state index in [-0.39, 0.29) is 0 Å². The highest BCUT2D eigenvalue weighted by Gasteiger charge is 2.23. The maximum absolute atomic E-state index is 3.54. The zero-order chi connectivity index (χ0) is 14.1. The molecule has 4 rings (SSSR count). The number of fused-ring (bicyclic) bond motifs is 1. The molecule has 1 N–H and O–H groups in total. The summed E-state index contributed by atoms with van der Waals surface area (Å²) < 4.78 is 0. The van der Waals surface area contributed by atoms with E-state index in [0.717, 1.165) is 12.5 Å². The Morgan fingerprint density at radius 1 is 0.810 bits per heavy atom. The summed E-state index contributed by atoms with van der Waals surface area (Å²) in [6, 6.07) is 24.1. The minimum atomic E-state index is 0.825. The second kappa shape index (κ2) is 5.25. The summed E-state index contributed by atoms with van der Waals surface area (Å²) in [5.74, 6) is 0.825. The van der Waals surface area contributed by atoms with Gasteiger partial charge in [0.1, 0.15) is 0 Å². The summed E-state index contributed by atoms with van der Waals surface area (Å²) in [7, 11) is 0. The van der Waals surface area contributed by atoms with Gasteiger partial charge in [-0.2, -0.15) is 0 Å². The van der Waals surface area contributed by atoms with Crippen molar-refractivity contribution in [1.29, 1.82) is 0 Å². The molecule has 3 aromatic rings. The summed E-state index contributed by atoms with van der Waals surface area (Å²) >= 11 is 0. The van der Waals surface area contributed by atoms with Crippen molar-refractivity contribution in [2.45, 2.75) is 25.3 Å². The van der Waals surface area contributed by atoms with Gasteiger partial charge >= 0.3 is 0 Å². The van der Waals surface area contributed by atoms with Gasteiger partial charge in [-0.05, 0) is 52.8 Å². The van der Waals surface area contributed by atoms with E-state index in [9.17, 15) is 0 Å². The second-order valence-corrected chi connectivity index (χ2v) is 5.93. The van der Waals surface area contributed by atoms with Crippen LogP contribution in [0.15, 0.2) is 66.7 Å². The van der Waals surface area contributed by atoms with E-state index in [1.807, 2.05) is 0 Å².